The van der Waals surface area contributed by atoms with Crippen LogP contribution in [0.25, 0.3) is 10.9 Å². The highest BCUT2D eigenvalue weighted by Gasteiger charge is 2.33. The second-order valence-electron chi connectivity index (χ2n) is 11.4. The van der Waals surface area contributed by atoms with Gasteiger partial charge in [0.25, 0.3) is 0 Å². The molecule has 0 aliphatic carbocycles. The van der Waals surface area contributed by atoms with Crippen molar-refractivity contribution in [2.75, 3.05) is 7.05 Å². The number of primary amides is 1. The minimum atomic E-state index is -1.58. The van der Waals surface area contributed by atoms with Gasteiger partial charge < -0.3 is 36.7 Å². The van der Waals surface area contributed by atoms with Crippen molar-refractivity contribution in [1.82, 2.24) is 25.8 Å². The standard InChI is InChI=1S/C33H41BrN6O7/c1-4-5-12-25(37-33(47)28(40(3)19(2)41)16-21-18-36-24-13-7-6-11-23(21)24)31(45)39-27(17-29(42)43)32(46)38-26(30(35)44)15-20-9-8-10-22(34)14-20/h6-11,13-14,18,25-28,36H,4-5,12,15-17H2,1-3H3,(H2,35,44)(H,37,47)(H,38,46)(H,39,45)(H,42,43)/t25-,26-,27-,28-/m0/s1. The van der Waals surface area contributed by atoms with Gasteiger partial charge in [-0.15, -0.1) is 0 Å². The molecule has 0 radical (unpaired) electrons. The van der Waals surface area contributed by atoms with Crippen molar-refractivity contribution < 1.29 is 33.9 Å². The number of nitrogens with zero attached hydrogens (tertiary/aromatic N) is 1. The fourth-order valence-corrected chi connectivity index (χ4v) is 5.58. The Morgan fingerprint density at radius 1 is 0.915 bits per heavy atom. The Bertz CT molecular complexity index is 1610. The van der Waals surface area contributed by atoms with E-state index in [0.29, 0.717) is 18.4 Å². The molecule has 5 amide bonds. The number of nitrogens with two attached hydrogens (primary N) is 1. The number of carboxylic acid groups (broad SMARTS) is 1. The molecule has 0 spiro atoms. The highest BCUT2D eigenvalue weighted by atomic mass is 79.9. The minimum Gasteiger partial charge on any atom is -0.481 e. The van der Waals surface area contributed by atoms with Gasteiger partial charge in [-0.1, -0.05) is 66.0 Å². The highest BCUT2D eigenvalue weighted by Crippen LogP contribution is 2.21. The third-order valence-corrected chi connectivity index (χ3v) is 8.33. The highest BCUT2D eigenvalue weighted by molar-refractivity contribution is 9.10. The summed E-state index contributed by atoms with van der Waals surface area (Å²) >= 11 is 3.35. The number of likely N-dealkylation sites (N-methyl/N-ethyl adjacent to an activating group) is 1. The van der Waals surface area contributed by atoms with E-state index >= 15 is 0 Å². The predicted octanol–water partition coefficient (Wildman–Crippen LogP) is 2.17. The van der Waals surface area contributed by atoms with Crippen LogP contribution in [-0.2, 0) is 41.6 Å². The predicted molar refractivity (Wildman–Crippen MR) is 179 cm³/mol. The van der Waals surface area contributed by atoms with Crippen molar-refractivity contribution in [3.8, 4) is 0 Å². The molecule has 2 aromatic carbocycles. The van der Waals surface area contributed by atoms with Crippen molar-refractivity contribution in [1.29, 1.82) is 0 Å². The number of aliphatic carboxylic acids is 1. The molecule has 1 heterocycles. The van der Waals surface area contributed by atoms with E-state index in [1.807, 2.05) is 31.2 Å². The Kier molecular flexibility index (Phi) is 13.5. The van der Waals surface area contributed by atoms with Crippen molar-refractivity contribution in [2.24, 2.45) is 5.73 Å². The van der Waals surface area contributed by atoms with Crippen LogP contribution in [0.3, 0.4) is 0 Å². The maximum atomic E-state index is 13.7. The molecule has 4 atom stereocenters. The third kappa shape index (κ3) is 10.7. The SMILES string of the molecule is CCCC[C@H](NC(=O)[C@H](Cc1c[nH]c2ccccc12)N(C)C(C)=O)C(=O)N[C@@H](CC(=O)O)C(=O)N[C@@H](Cc1cccc(Br)c1)C(N)=O. The number of aromatic amines is 1. The van der Waals surface area contributed by atoms with Crippen LogP contribution in [0.1, 0.15) is 50.7 Å². The number of rotatable bonds is 17. The summed E-state index contributed by atoms with van der Waals surface area (Å²) in [5.41, 5.74) is 7.89. The Hall–Kier alpha value is -4.72. The first-order chi connectivity index (χ1) is 22.3. The number of para-hydroxylation sites is 1. The van der Waals surface area contributed by atoms with Gasteiger partial charge in [0.2, 0.25) is 29.5 Å². The molecule has 47 heavy (non-hydrogen) atoms. The number of carbonyl (C=O) groups excluding carboxylic acids is 5. The van der Waals surface area contributed by atoms with Crippen LogP contribution < -0.4 is 21.7 Å². The van der Waals surface area contributed by atoms with Gasteiger partial charge in [-0.2, -0.15) is 0 Å². The molecule has 3 aromatic rings. The first-order valence-corrected chi connectivity index (χ1v) is 16.0. The van der Waals surface area contributed by atoms with E-state index in [-0.39, 0.29) is 25.2 Å². The van der Waals surface area contributed by atoms with Crippen LogP contribution in [0.15, 0.2) is 59.2 Å². The molecule has 1 aromatic heterocycles. The van der Waals surface area contributed by atoms with Gasteiger partial charge in [-0.25, -0.2) is 0 Å². The number of nitrogens with one attached hydrogen (secondary N) is 4. The van der Waals surface area contributed by atoms with Gasteiger partial charge in [0.15, 0.2) is 0 Å². The zero-order valence-corrected chi connectivity index (χ0v) is 28.1. The molecule has 0 aliphatic rings. The Morgan fingerprint density at radius 3 is 2.21 bits per heavy atom. The van der Waals surface area contributed by atoms with E-state index in [1.165, 1.54) is 18.9 Å². The number of amides is 5. The lowest BCUT2D eigenvalue weighted by Crippen LogP contribution is -2.58. The average molecular weight is 714 g/mol. The molecular formula is C33H41BrN6O7. The quantitative estimate of drug-likeness (QED) is 0.123. The van der Waals surface area contributed by atoms with Crippen LogP contribution >= 0.6 is 15.9 Å². The molecular weight excluding hydrogens is 672 g/mol. The van der Waals surface area contributed by atoms with Gasteiger partial charge in [-0.05, 0) is 35.7 Å². The van der Waals surface area contributed by atoms with Crippen molar-refractivity contribution in [2.45, 2.75) is 76.5 Å². The van der Waals surface area contributed by atoms with Gasteiger partial charge in [-0.3, -0.25) is 28.8 Å². The molecule has 0 unspecified atom stereocenters. The summed E-state index contributed by atoms with van der Waals surface area (Å²) in [6, 6.07) is 9.66. The molecule has 0 fully saturated rings. The monoisotopic (exact) mass is 712 g/mol. The first-order valence-electron chi connectivity index (χ1n) is 15.3. The smallest absolute Gasteiger partial charge is 0.305 e. The van der Waals surface area contributed by atoms with Crippen LogP contribution in [0.4, 0.5) is 0 Å². The van der Waals surface area contributed by atoms with Gasteiger partial charge in [0.05, 0.1) is 6.42 Å². The fourth-order valence-electron chi connectivity index (χ4n) is 5.13. The number of fused-ring (bicyclic) bond motifs is 1. The lowest BCUT2D eigenvalue weighted by atomic mass is 10.0. The maximum Gasteiger partial charge on any atom is 0.305 e. The van der Waals surface area contributed by atoms with Gasteiger partial charge in [0.1, 0.15) is 24.2 Å². The molecule has 13 nitrogen and oxygen atoms in total. The van der Waals surface area contributed by atoms with Crippen molar-refractivity contribution >= 4 is 62.3 Å². The number of carbonyl (C=O) groups is 6. The molecule has 14 heteroatoms. The lowest BCUT2D eigenvalue weighted by Gasteiger charge is -2.29. The summed E-state index contributed by atoms with van der Waals surface area (Å²) in [6.07, 6.45) is 2.57. The van der Waals surface area contributed by atoms with E-state index < -0.39 is 60.2 Å². The summed E-state index contributed by atoms with van der Waals surface area (Å²) in [5.74, 6) is -4.87. The zero-order chi connectivity index (χ0) is 34.7. The largest absolute Gasteiger partial charge is 0.481 e. The lowest BCUT2D eigenvalue weighted by molar-refractivity contribution is -0.141. The number of hydrogen-bond donors (Lipinski definition) is 6. The number of carboxylic acids is 1. The van der Waals surface area contributed by atoms with E-state index in [9.17, 15) is 33.9 Å². The van der Waals surface area contributed by atoms with E-state index in [1.54, 1.807) is 30.5 Å². The Balaban J connectivity index is 1.80. The molecule has 0 saturated heterocycles. The Labute approximate surface area is 281 Å². The van der Waals surface area contributed by atoms with Gasteiger partial charge >= 0.3 is 5.97 Å². The second kappa shape index (κ2) is 17.3. The number of hydrogen-bond acceptors (Lipinski definition) is 6. The summed E-state index contributed by atoms with van der Waals surface area (Å²) in [7, 11) is 1.50. The van der Waals surface area contributed by atoms with Crippen molar-refractivity contribution in [3.05, 3.63) is 70.3 Å². The molecule has 3 rings (SSSR count). The van der Waals surface area contributed by atoms with E-state index in [4.69, 9.17) is 5.73 Å². The maximum absolute atomic E-state index is 13.7. The van der Waals surface area contributed by atoms with Crippen LogP contribution in [-0.4, -0.2) is 81.7 Å². The average Bonchev–Trinajstić information content (AvgIpc) is 3.43. The third-order valence-electron chi connectivity index (χ3n) is 7.83. The van der Waals surface area contributed by atoms with E-state index in [0.717, 1.165) is 20.9 Å². The summed E-state index contributed by atoms with van der Waals surface area (Å²) in [6.45, 7) is 3.23. The van der Waals surface area contributed by atoms with Gasteiger partial charge in [0, 0.05) is 48.4 Å². The number of aromatic nitrogens is 1. The fraction of sp³-hybridized carbons (Fsp3) is 0.394. The number of halogens is 1. The summed E-state index contributed by atoms with van der Waals surface area (Å²) in [5, 5.41) is 18.1. The zero-order valence-electron chi connectivity index (χ0n) is 26.5. The number of H-pyrrole nitrogens is 1. The van der Waals surface area contributed by atoms with Crippen LogP contribution in [0, 0.1) is 0 Å². The van der Waals surface area contributed by atoms with Crippen LogP contribution in [0.2, 0.25) is 0 Å². The number of unbranched alkanes of at least 4 members (excludes halogenated alkanes) is 1. The normalized spacial score (nSPS) is 13.5. The van der Waals surface area contributed by atoms with E-state index in [2.05, 4.69) is 36.9 Å². The summed E-state index contributed by atoms with van der Waals surface area (Å²) < 4.78 is 0.749. The Morgan fingerprint density at radius 2 is 1.57 bits per heavy atom. The second-order valence-corrected chi connectivity index (χ2v) is 12.3. The molecule has 0 saturated carbocycles. The molecule has 0 aliphatic heterocycles. The number of benzene rings is 2. The topological polar surface area (TPSA) is 204 Å². The molecule has 252 valence electrons. The molecule has 0 bridgehead atoms. The van der Waals surface area contributed by atoms with Crippen LogP contribution in [0.5, 0.6) is 0 Å². The minimum absolute atomic E-state index is 0.0327. The first kappa shape index (κ1) is 36.7. The van der Waals surface area contributed by atoms with Crippen molar-refractivity contribution in [3.63, 3.8) is 0 Å². The summed E-state index contributed by atoms with van der Waals surface area (Å²) in [4.78, 5) is 81.3. The molecule has 7 N–H and O–H groups in total.